The van der Waals surface area contributed by atoms with Gasteiger partial charge in [-0.1, -0.05) is 17.7 Å². The van der Waals surface area contributed by atoms with Crippen molar-refractivity contribution in [2.45, 2.75) is 10.6 Å². The smallest absolute Gasteiger partial charge is 0.186 e. The quantitative estimate of drug-likeness (QED) is 0.679. The number of nitrogens with zero attached hydrogens (tertiary/aromatic N) is 2. The second-order valence-corrected chi connectivity index (χ2v) is 7.75. The van der Waals surface area contributed by atoms with Gasteiger partial charge in [-0.2, -0.15) is 0 Å². The maximum atomic E-state index is 12.8. The van der Waals surface area contributed by atoms with E-state index in [1.54, 1.807) is 24.5 Å². The van der Waals surface area contributed by atoms with E-state index in [2.05, 4.69) is 9.97 Å². The lowest BCUT2D eigenvalue weighted by atomic mass is 10.1. The first-order chi connectivity index (χ1) is 12.0. The lowest BCUT2D eigenvalue weighted by molar-refractivity contribution is 0.402. The molecule has 0 aliphatic heterocycles. The van der Waals surface area contributed by atoms with Crippen LogP contribution in [0.5, 0.6) is 5.75 Å². The molecule has 1 aromatic carbocycles. The number of methoxy groups -OCH3 is 1. The molecule has 3 rings (SSSR count). The predicted molar refractivity (Wildman–Crippen MR) is 96.4 cm³/mol. The average Bonchev–Trinajstić information content (AvgIpc) is 2.62. The first-order valence-electron chi connectivity index (χ1n) is 7.41. The monoisotopic (exact) mass is 374 g/mol. The lowest BCUT2D eigenvalue weighted by Gasteiger charge is -2.10. The van der Waals surface area contributed by atoms with Crippen molar-refractivity contribution in [3.63, 3.8) is 0 Å². The van der Waals surface area contributed by atoms with E-state index in [9.17, 15) is 8.42 Å². The highest BCUT2D eigenvalue weighted by Gasteiger charge is 2.21. The molecule has 0 unspecified atom stereocenters. The SMILES string of the molecule is COc1ccc(Cl)cc1S(=O)(=O)Cc1cncc(-c2ccccn2)c1. The van der Waals surface area contributed by atoms with E-state index >= 15 is 0 Å². The van der Waals surface area contributed by atoms with Crippen LogP contribution in [0, 0.1) is 0 Å². The van der Waals surface area contributed by atoms with E-state index in [0.29, 0.717) is 10.6 Å². The van der Waals surface area contributed by atoms with Gasteiger partial charge in [0.2, 0.25) is 0 Å². The fourth-order valence-corrected chi connectivity index (χ4v) is 4.18. The van der Waals surface area contributed by atoms with E-state index in [1.807, 2.05) is 18.2 Å². The summed E-state index contributed by atoms with van der Waals surface area (Å²) in [5.74, 6) is 0.0513. The lowest BCUT2D eigenvalue weighted by Crippen LogP contribution is -2.07. The van der Waals surface area contributed by atoms with E-state index in [-0.39, 0.29) is 16.4 Å². The van der Waals surface area contributed by atoms with Gasteiger partial charge in [0, 0.05) is 29.2 Å². The van der Waals surface area contributed by atoms with Crippen LogP contribution in [-0.4, -0.2) is 25.5 Å². The highest BCUT2D eigenvalue weighted by molar-refractivity contribution is 7.90. The Morgan fingerprint density at radius 1 is 1.12 bits per heavy atom. The summed E-state index contributed by atoms with van der Waals surface area (Å²) in [6, 6.07) is 11.8. The van der Waals surface area contributed by atoms with Crippen LogP contribution in [-0.2, 0) is 15.6 Å². The minimum atomic E-state index is -3.65. The summed E-state index contributed by atoms with van der Waals surface area (Å²) >= 11 is 5.95. The van der Waals surface area contributed by atoms with E-state index in [1.165, 1.54) is 25.4 Å². The summed E-state index contributed by atoms with van der Waals surface area (Å²) < 4.78 is 30.8. The number of sulfone groups is 1. The fraction of sp³-hybridized carbons (Fsp3) is 0.111. The number of ether oxygens (including phenoxy) is 1. The van der Waals surface area contributed by atoms with Crippen LogP contribution in [0.4, 0.5) is 0 Å². The highest BCUT2D eigenvalue weighted by atomic mass is 35.5. The van der Waals surface area contributed by atoms with Crippen molar-refractivity contribution in [1.82, 2.24) is 9.97 Å². The molecule has 0 aliphatic carbocycles. The summed E-state index contributed by atoms with van der Waals surface area (Å²) in [6.45, 7) is 0. The van der Waals surface area contributed by atoms with Crippen molar-refractivity contribution >= 4 is 21.4 Å². The third kappa shape index (κ3) is 3.97. The minimum absolute atomic E-state index is 0.0609. The van der Waals surface area contributed by atoms with Crippen LogP contribution in [0.25, 0.3) is 11.3 Å². The van der Waals surface area contributed by atoms with Gasteiger partial charge in [-0.3, -0.25) is 9.97 Å². The maximum absolute atomic E-state index is 12.8. The summed E-state index contributed by atoms with van der Waals surface area (Å²) in [5, 5.41) is 0.333. The zero-order valence-corrected chi connectivity index (χ0v) is 15.0. The van der Waals surface area contributed by atoms with Gasteiger partial charge >= 0.3 is 0 Å². The van der Waals surface area contributed by atoms with Crippen molar-refractivity contribution in [1.29, 1.82) is 0 Å². The largest absolute Gasteiger partial charge is 0.495 e. The third-order valence-corrected chi connectivity index (χ3v) is 5.51. The first-order valence-corrected chi connectivity index (χ1v) is 9.44. The molecule has 2 aromatic heterocycles. The fourth-order valence-electron chi connectivity index (χ4n) is 2.43. The Morgan fingerprint density at radius 3 is 2.68 bits per heavy atom. The molecule has 2 heterocycles. The van der Waals surface area contributed by atoms with Gasteiger partial charge in [0.15, 0.2) is 9.84 Å². The minimum Gasteiger partial charge on any atom is -0.495 e. The number of rotatable bonds is 5. The van der Waals surface area contributed by atoms with Crippen LogP contribution in [0.2, 0.25) is 5.02 Å². The molecule has 0 saturated heterocycles. The highest BCUT2D eigenvalue weighted by Crippen LogP contribution is 2.30. The molecule has 0 amide bonds. The Morgan fingerprint density at radius 2 is 1.96 bits per heavy atom. The number of benzene rings is 1. The molecule has 0 fully saturated rings. The van der Waals surface area contributed by atoms with Crippen molar-refractivity contribution in [3.8, 4) is 17.0 Å². The number of hydrogen-bond donors (Lipinski definition) is 0. The summed E-state index contributed by atoms with van der Waals surface area (Å²) in [4.78, 5) is 8.45. The molecule has 0 bridgehead atoms. The Bertz CT molecular complexity index is 992. The van der Waals surface area contributed by atoms with Gasteiger partial charge in [0.1, 0.15) is 10.6 Å². The third-order valence-electron chi connectivity index (χ3n) is 3.57. The standard InChI is InChI=1S/C18H15ClN2O3S/c1-24-17-6-5-15(19)9-18(17)25(22,23)12-13-8-14(11-20-10-13)16-4-2-3-7-21-16/h2-11H,12H2,1H3. The summed E-state index contributed by atoms with van der Waals surface area (Å²) in [6.07, 6.45) is 4.86. The zero-order valence-electron chi connectivity index (χ0n) is 13.4. The van der Waals surface area contributed by atoms with Crippen LogP contribution in [0.15, 0.2) is 66.0 Å². The molecule has 0 radical (unpaired) electrons. The zero-order chi connectivity index (χ0) is 17.9. The van der Waals surface area contributed by atoms with Crippen molar-refractivity contribution < 1.29 is 13.2 Å². The molecule has 0 atom stereocenters. The van der Waals surface area contributed by atoms with E-state index < -0.39 is 9.84 Å². The van der Waals surface area contributed by atoms with Crippen LogP contribution in [0.3, 0.4) is 0 Å². The second kappa shape index (κ2) is 7.21. The molecule has 7 heteroatoms. The van der Waals surface area contributed by atoms with Gasteiger partial charge < -0.3 is 4.74 Å². The number of aromatic nitrogens is 2. The number of pyridine rings is 2. The second-order valence-electron chi connectivity index (χ2n) is 5.35. The molecule has 0 spiro atoms. The van der Waals surface area contributed by atoms with Gasteiger partial charge in [0.05, 0.1) is 18.6 Å². The van der Waals surface area contributed by atoms with Gasteiger partial charge in [0.25, 0.3) is 0 Å². The van der Waals surface area contributed by atoms with Crippen molar-refractivity contribution in [2.24, 2.45) is 0 Å². The first kappa shape index (κ1) is 17.4. The Hall–Kier alpha value is -2.44. The summed E-state index contributed by atoms with van der Waals surface area (Å²) in [7, 11) is -2.23. The molecular weight excluding hydrogens is 360 g/mol. The van der Waals surface area contributed by atoms with Crippen LogP contribution >= 0.6 is 11.6 Å². The number of halogens is 1. The Labute approximate surface area is 151 Å². The maximum Gasteiger partial charge on any atom is 0.186 e. The molecule has 25 heavy (non-hydrogen) atoms. The Kier molecular flexibility index (Phi) is 5.01. The van der Waals surface area contributed by atoms with Gasteiger partial charge in [-0.15, -0.1) is 0 Å². The average molecular weight is 375 g/mol. The van der Waals surface area contributed by atoms with Gasteiger partial charge in [-0.05, 0) is 42.0 Å². The molecule has 0 saturated carbocycles. The topological polar surface area (TPSA) is 69.2 Å². The van der Waals surface area contributed by atoms with Gasteiger partial charge in [-0.25, -0.2) is 8.42 Å². The molecule has 3 aromatic rings. The molecule has 0 N–H and O–H groups in total. The number of hydrogen-bond acceptors (Lipinski definition) is 5. The molecule has 0 aliphatic rings. The molecule has 128 valence electrons. The molecular formula is C18H15ClN2O3S. The van der Waals surface area contributed by atoms with E-state index in [0.717, 1.165) is 11.3 Å². The van der Waals surface area contributed by atoms with Crippen LogP contribution in [0.1, 0.15) is 5.56 Å². The summed E-state index contributed by atoms with van der Waals surface area (Å²) in [5.41, 5.74) is 2.05. The molecule has 5 nitrogen and oxygen atoms in total. The normalized spacial score (nSPS) is 11.3. The van der Waals surface area contributed by atoms with Crippen LogP contribution < -0.4 is 4.74 Å². The van der Waals surface area contributed by atoms with Crippen molar-refractivity contribution in [2.75, 3.05) is 7.11 Å². The predicted octanol–water partition coefficient (Wildman–Crippen LogP) is 3.78. The van der Waals surface area contributed by atoms with E-state index in [4.69, 9.17) is 16.3 Å². The Balaban J connectivity index is 1.96. The van der Waals surface area contributed by atoms with Crippen molar-refractivity contribution in [3.05, 3.63) is 71.6 Å².